The van der Waals surface area contributed by atoms with Crippen LogP contribution in [0.4, 0.5) is 0 Å². The molecule has 10 heavy (non-hydrogen) atoms. The fourth-order valence-corrected chi connectivity index (χ4v) is 1.96. The Morgan fingerprint density at radius 1 is 1.10 bits per heavy atom. The van der Waals surface area contributed by atoms with Gasteiger partial charge in [-0.05, 0) is 12.8 Å². The van der Waals surface area contributed by atoms with Gasteiger partial charge in [-0.3, -0.25) is 0 Å². The molecule has 1 aliphatic carbocycles. The van der Waals surface area contributed by atoms with Gasteiger partial charge in [0.25, 0.3) is 0 Å². The normalized spacial score (nSPS) is 53.4. The van der Waals surface area contributed by atoms with Gasteiger partial charge < -0.3 is 14.9 Å². The minimum absolute atomic E-state index is 0.0741. The molecule has 0 spiro atoms. The van der Waals surface area contributed by atoms with Gasteiger partial charge in [0, 0.05) is 5.92 Å². The summed E-state index contributed by atoms with van der Waals surface area (Å²) in [6.07, 6.45) is 0.957. The van der Waals surface area contributed by atoms with Gasteiger partial charge in [0.1, 0.15) is 0 Å². The van der Waals surface area contributed by atoms with Crippen LogP contribution in [0.3, 0.4) is 0 Å². The Balaban J connectivity index is 2.09. The van der Waals surface area contributed by atoms with Crippen molar-refractivity contribution in [2.75, 3.05) is 6.61 Å². The molecule has 0 radical (unpaired) electrons. The molecule has 0 amide bonds. The van der Waals surface area contributed by atoms with Crippen LogP contribution in [0.2, 0.25) is 0 Å². The Morgan fingerprint density at radius 2 is 1.90 bits per heavy atom. The van der Waals surface area contributed by atoms with E-state index in [0.29, 0.717) is 6.61 Å². The molecule has 2 rings (SSSR count). The minimum atomic E-state index is -0.331. The number of ether oxygens (including phenoxy) is 1. The number of fused-ring (bicyclic) bond motifs is 1. The third kappa shape index (κ3) is 0.779. The maximum Gasteiger partial charge on any atom is 0.0888 e. The fourth-order valence-electron chi connectivity index (χ4n) is 1.96. The quantitative estimate of drug-likeness (QED) is 0.482. The predicted octanol–water partition coefficient (Wildman–Crippen LogP) is -0.483. The summed E-state index contributed by atoms with van der Waals surface area (Å²) >= 11 is 0. The van der Waals surface area contributed by atoms with E-state index in [2.05, 4.69) is 0 Å². The lowest BCUT2D eigenvalue weighted by Crippen LogP contribution is -2.25. The molecular formula is C7H12O3. The highest BCUT2D eigenvalue weighted by Gasteiger charge is 2.44. The lowest BCUT2D eigenvalue weighted by molar-refractivity contribution is 0.00484. The number of rotatable bonds is 0. The number of hydrogen-bond acceptors (Lipinski definition) is 3. The van der Waals surface area contributed by atoms with E-state index >= 15 is 0 Å². The van der Waals surface area contributed by atoms with Gasteiger partial charge in [-0.25, -0.2) is 0 Å². The van der Waals surface area contributed by atoms with Crippen molar-refractivity contribution in [3.05, 3.63) is 0 Å². The van der Waals surface area contributed by atoms with Crippen LogP contribution in [0.15, 0.2) is 0 Å². The number of hydrogen-bond donors (Lipinski definition) is 2. The number of aliphatic hydroxyl groups excluding tert-OH is 2. The summed E-state index contributed by atoms with van der Waals surface area (Å²) < 4.78 is 5.20. The van der Waals surface area contributed by atoms with Gasteiger partial charge >= 0.3 is 0 Å². The first-order valence-corrected chi connectivity index (χ1v) is 3.77. The van der Waals surface area contributed by atoms with Crippen LogP contribution in [0.25, 0.3) is 0 Å². The van der Waals surface area contributed by atoms with Crippen LogP contribution < -0.4 is 0 Å². The Morgan fingerprint density at radius 3 is 2.60 bits per heavy atom. The Labute approximate surface area is 59.6 Å². The third-order valence-electron chi connectivity index (χ3n) is 2.55. The summed E-state index contributed by atoms with van der Waals surface area (Å²) in [4.78, 5) is 0. The Kier molecular flexibility index (Phi) is 1.44. The molecular weight excluding hydrogens is 132 g/mol. The van der Waals surface area contributed by atoms with Gasteiger partial charge in [0.2, 0.25) is 0 Å². The molecule has 2 fully saturated rings. The maximum absolute atomic E-state index is 9.28. The second kappa shape index (κ2) is 2.19. The lowest BCUT2D eigenvalue weighted by Gasteiger charge is -2.11. The summed E-state index contributed by atoms with van der Waals surface area (Å²) in [5, 5.41) is 18.6. The molecule has 0 bridgehead atoms. The van der Waals surface area contributed by atoms with Crippen molar-refractivity contribution >= 4 is 0 Å². The second-order valence-electron chi connectivity index (χ2n) is 3.17. The summed E-state index contributed by atoms with van der Waals surface area (Å²) in [6.45, 7) is 0.409. The van der Waals surface area contributed by atoms with Crippen molar-refractivity contribution in [1.29, 1.82) is 0 Å². The van der Waals surface area contributed by atoms with Crippen molar-refractivity contribution in [1.82, 2.24) is 0 Å². The lowest BCUT2D eigenvalue weighted by atomic mass is 10.0. The van der Waals surface area contributed by atoms with Crippen molar-refractivity contribution < 1.29 is 14.9 Å². The highest BCUT2D eigenvalue weighted by Crippen LogP contribution is 2.35. The average Bonchev–Trinajstić information content (AvgIpc) is 2.41. The molecule has 2 aliphatic rings. The average molecular weight is 144 g/mol. The van der Waals surface area contributed by atoms with Gasteiger partial charge in [0.15, 0.2) is 0 Å². The van der Waals surface area contributed by atoms with Gasteiger partial charge in [-0.15, -0.1) is 0 Å². The van der Waals surface area contributed by atoms with E-state index < -0.39 is 0 Å². The summed E-state index contributed by atoms with van der Waals surface area (Å²) in [5.41, 5.74) is 0. The molecule has 1 saturated carbocycles. The zero-order valence-corrected chi connectivity index (χ0v) is 5.73. The van der Waals surface area contributed by atoms with Gasteiger partial charge in [0.05, 0.1) is 24.9 Å². The van der Waals surface area contributed by atoms with E-state index in [1.165, 1.54) is 0 Å². The highest BCUT2D eigenvalue weighted by molar-refractivity contribution is 4.93. The molecule has 4 unspecified atom stereocenters. The smallest absolute Gasteiger partial charge is 0.0888 e. The summed E-state index contributed by atoms with van der Waals surface area (Å²) in [6, 6.07) is 0. The molecule has 3 heteroatoms. The number of aliphatic hydroxyl groups is 2. The first-order chi connectivity index (χ1) is 4.79. The molecule has 0 aromatic heterocycles. The largest absolute Gasteiger partial charge is 0.390 e. The second-order valence-corrected chi connectivity index (χ2v) is 3.17. The zero-order chi connectivity index (χ0) is 7.14. The molecule has 58 valence electrons. The molecule has 4 atom stereocenters. The maximum atomic E-state index is 9.28. The SMILES string of the molecule is OC1COC2C(O)CCC12. The predicted molar refractivity (Wildman–Crippen MR) is 34.5 cm³/mol. The van der Waals surface area contributed by atoms with E-state index in [4.69, 9.17) is 4.74 Å². The monoisotopic (exact) mass is 144 g/mol. The van der Waals surface area contributed by atoms with E-state index in [9.17, 15) is 10.2 Å². The third-order valence-corrected chi connectivity index (χ3v) is 2.55. The first kappa shape index (κ1) is 6.58. The molecule has 0 aromatic rings. The van der Waals surface area contributed by atoms with Crippen molar-refractivity contribution in [2.24, 2.45) is 5.92 Å². The van der Waals surface area contributed by atoms with Crippen molar-refractivity contribution in [3.8, 4) is 0 Å². The van der Waals surface area contributed by atoms with Crippen LogP contribution in [0.1, 0.15) is 12.8 Å². The van der Waals surface area contributed by atoms with Crippen molar-refractivity contribution in [3.63, 3.8) is 0 Å². The minimum Gasteiger partial charge on any atom is -0.390 e. The van der Waals surface area contributed by atoms with Crippen LogP contribution in [0, 0.1) is 5.92 Å². The first-order valence-electron chi connectivity index (χ1n) is 3.77. The fraction of sp³-hybridized carbons (Fsp3) is 1.00. The summed E-state index contributed by atoms with van der Waals surface area (Å²) in [7, 11) is 0. The molecule has 1 aliphatic heterocycles. The van der Waals surface area contributed by atoms with Crippen LogP contribution in [-0.2, 0) is 4.74 Å². The van der Waals surface area contributed by atoms with E-state index in [0.717, 1.165) is 12.8 Å². The van der Waals surface area contributed by atoms with Crippen molar-refractivity contribution in [2.45, 2.75) is 31.2 Å². The Bertz CT molecular complexity index is 121. The van der Waals surface area contributed by atoms with E-state index in [-0.39, 0.29) is 24.2 Å². The van der Waals surface area contributed by atoms with E-state index in [1.807, 2.05) is 0 Å². The van der Waals surface area contributed by atoms with Gasteiger partial charge in [-0.1, -0.05) is 0 Å². The van der Waals surface area contributed by atoms with Crippen LogP contribution in [-0.4, -0.2) is 35.1 Å². The highest BCUT2D eigenvalue weighted by atomic mass is 16.5. The van der Waals surface area contributed by atoms with E-state index in [1.54, 1.807) is 0 Å². The van der Waals surface area contributed by atoms with Gasteiger partial charge in [-0.2, -0.15) is 0 Å². The molecule has 1 heterocycles. The summed E-state index contributed by atoms with van der Waals surface area (Å²) in [5.74, 6) is 0.204. The molecule has 0 aromatic carbocycles. The molecule has 3 nitrogen and oxygen atoms in total. The molecule has 2 N–H and O–H groups in total. The van der Waals surface area contributed by atoms with Crippen LogP contribution in [0.5, 0.6) is 0 Å². The molecule has 1 saturated heterocycles. The van der Waals surface area contributed by atoms with Crippen LogP contribution >= 0.6 is 0 Å². The standard InChI is InChI=1S/C7H12O3/c8-5-2-1-4-6(9)3-10-7(4)5/h4-9H,1-3H2. The Hall–Kier alpha value is -0.120. The topological polar surface area (TPSA) is 49.7 Å². The zero-order valence-electron chi connectivity index (χ0n) is 5.73.